The SMILES string of the molecule is COCC1(C(=O)O)CCN(C(=O)C2CC(=O)N(Cc3ccco3)C2)C1. The van der Waals surface area contributed by atoms with Crippen molar-refractivity contribution in [3.8, 4) is 0 Å². The van der Waals surface area contributed by atoms with Crippen molar-refractivity contribution in [2.75, 3.05) is 33.4 Å². The van der Waals surface area contributed by atoms with Gasteiger partial charge in [0.05, 0.1) is 25.3 Å². The maximum absolute atomic E-state index is 12.7. The van der Waals surface area contributed by atoms with Crippen molar-refractivity contribution in [3.05, 3.63) is 24.2 Å². The molecule has 1 N–H and O–H groups in total. The Morgan fingerprint density at radius 3 is 2.92 bits per heavy atom. The molecule has 2 unspecified atom stereocenters. The molecule has 0 radical (unpaired) electrons. The van der Waals surface area contributed by atoms with Crippen molar-refractivity contribution in [1.82, 2.24) is 9.80 Å². The molecule has 2 aliphatic heterocycles. The second-order valence-electron chi connectivity index (χ2n) is 6.78. The van der Waals surface area contributed by atoms with Crippen molar-refractivity contribution in [3.63, 3.8) is 0 Å². The Bertz CT molecular complexity index is 658. The van der Waals surface area contributed by atoms with Crippen LogP contribution in [0.25, 0.3) is 0 Å². The molecule has 2 saturated heterocycles. The molecule has 0 saturated carbocycles. The molecule has 2 aliphatic rings. The van der Waals surface area contributed by atoms with Gasteiger partial charge in [-0.15, -0.1) is 0 Å². The van der Waals surface area contributed by atoms with Crippen molar-refractivity contribution in [2.24, 2.45) is 11.3 Å². The maximum Gasteiger partial charge on any atom is 0.313 e. The smallest absolute Gasteiger partial charge is 0.313 e. The number of hydrogen-bond acceptors (Lipinski definition) is 5. The summed E-state index contributed by atoms with van der Waals surface area (Å²) in [6.45, 7) is 1.24. The molecule has 1 aromatic rings. The normalized spacial score (nSPS) is 26.4. The zero-order valence-electron chi connectivity index (χ0n) is 14.1. The number of hydrogen-bond donors (Lipinski definition) is 1. The second kappa shape index (κ2) is 6.87. The van der Waals surface area contributed by atoms with Crippen molar-refractivity contribution in [1.29, 1.82) is 0 Å². The third-order valence-corrected chi connectivity index (χ3v) is 5.03. The number of furan rings is 1. The molecule has 3 rings (SSSR count). The van der Waals surface area contributed by atoms with E-state index < -0.39 is 17.3 Å². The molecule has 8 heteroatoms. The zero-order valence-corrected chi connectivity index (χ0v) is 14.1. The van der Waals surface area contributed by atoms with E-state index in [0.717, 1.165) is 0 Å². The molecule has 25 heavy (non-hydrogen) atoms. The first kappa shape index (κ1) is 17.5. The third-order valence-electron chi connectivity index (χ3n) is 5.03. The number of carboxylic acid groups (broad SMARTS) is 1. The number of carbonyl (C=O) groups is 3. The van der Waals surface area contributed by atoms with Gasteiger partial charge in [0.15, 0.2) is 0 Å². The van der Waals surface area contributed by atoms with Crippen LogP contribution in [0.2, 0.25) is 0 Å². The fourth-order valence-electron chi connectivity index (χ4n) is 3.63. The summed E-state index contributed by atoms with van der Waals surface area (Å²) in [6.07, 6.45) is 2.06. The first-order valence-corrected chi connectivity index (χ1v) is 8.26. The minimum absolute atomic E-state index is 0.0698. The molecular formula is C17H22N2O6. The summed E-state index contributed by atoms with van der Waals surface area (Å²) in [5.41, 5.74) is -1.05. The molecule has 136 valence electrons. The highest BCUT2D eigenvalue weighted by Gasteiger charge is 2.48. The number of likely N-dealkylation sites (tertiary alicyclic amines) is 2. The van der Waals surface area contributed by atoms with Crippen LogP contribution in [0.3, 0.4) is 0 Å². The van der Waals surface area contributed by atoms with Crippen LogP contribution in [0.4, 0.5) is 0 Å². The van der Waals surface area contributed by atoms with E-state index in [9.17, 15) is 19.5 Å². The van der Waals surface area contributed by atoms with E-state index in [1.165, 1.54) is 7.11 Å². The molecule has 0 bridgehead atoms. The van der Waals surface area contributed by atoms with E-state index in [1.807, 2.05) is 0 Å². The van der Waals surface area contributed by atoms with Crippen LogP contribution in [0.1, 0.15) is 18.6 Å². The van der Waals surface area contributed by atoms with Gasteiger partial charge in [-0.2, -0.15) is 0 Å². The van der Waals surface area contributed by atoms with Gasteiger partial charge in [-0.25, -0.2) is 0 Å². The quantitative estimate of drug-likeness (QED) is 0.805. The van der Waals surface area contributed by atoms with E-state index in [2.05, 4.69) is 0 Å². The minimum Gasteiger partial charge on any atom is -0.481 e. The van der Waals surface area contributed by atoms with Crippen LogP contribution in [-0.4, -0.2) is 66.0 Å². The number of nitrogens with zero attached hydrogens (tertiary/aromatic N) is 2. The zero-order chi connectivity index (χ0) is 18.0. The average molecular weight is 350 g/mol. The Morgan fingerprint density at radius 2 is 2.28 bits per heavy atom. The van der Waals surface area contributed by atoms with Gasteiger partial charge < -0.3 is 24.1 Å². The van der Waals surface area contributed by atoms with Gasteiger partial charge in [0.1, 0.15) is 11.2 Å². The number of methoxy groups -OCH3 is 1. The first-order chi connectivity index (χ1) is 11.9. The minimum atomic E-state index is -1.05. The van der Waals surface area contributed by atoms with Crippen molar-refractivity contribution < 1.29 is 28.6 Å². The molecule has 0 spiro atoms. The molecular weight excluding hydrogens is 328 g/mol. The van der Waals surface area contributed by atoms with Gasteiger partial charge in [-0.3, -0.25) is 14.4 Å². The number of rotatable bonds is 6. The fourth-order valence-corrected chi connectivity index (χ4v) is 3.63. The largest absolute Gasteiger partial charge is 0.481 e. The summed E-state index contributed by atoms with van der Waals surface area (Å²) in [6, 6.07) is 3.54. The second-order valence-corrected chi connectivity index (χ2v) is 6.78. The van der Waals surface area contributed by atoms with Crippen LogP contribution in [0.5, 0.6) is 0 Å². The summed E-state index contributed by atoms with van der Waals surface area (Å²) in [4.78, 5) is 39.7. The van der Waals surface area contributed by atoms with Gasteiger partial charge in [0.25, 0.3) is 0 Å². The van der Waals surface area contributed by atoms with E-state index in [4.69, 9.17) is 9.15 Å². The van der Waals surface area contributed by atoms with E-state index in [-0.39, 0.29) is 31.4 Å². The number of aliphatic carboxylic acids is 1. The molecule has 1 aromatic heterocycles. The average Bonchev–Trinajstić information content (AvgIpc) is 3.29. The lowest BCUT2D eigenvalue weighted by Gasteiger charge is -2.25. The Morgan fingerprint density at radius 1 is 1.48 bits per heavy atom. The van der Waals surface area contributed by atoms with Crippen LogP contribution < -0.4 is 0 Å². The Kier molecular flexibility index (Phi) is 4.80. The van der Waals surface area contributed by atoms with Gasteiger partial charge in [-0.05, 0) is 18.6 Å². The number of ether oxygens (including phenoxy) is 1. The molecule has 0 aromatic carbocycles. The summed E-state index contributed by atoms with van der Waals surface area (Å²) in [5, 5.41) is 9.50. The van der Waals surface area contributed by atoms with Crippen LogP contribution in [-0.2, 0) is 25.7 Å². The Labute approximate surface area is 145 Å². The predicted octanol–water partition coefficient (Wildman–Crippen LogP) is 0.578. The lowest BCUT2D eigenvalue weighted by Crippen LogP contribution is -2.42. The van der Waals surface area contributed by atoms with E-state index in [1.54, 1.807) is 28.2 Å². The first-order valence-electron chi connectivity index (χ1n) is 8.26. The lowest BCUT2D eigenvalue weighted by atomic mass is 9.88. The molecule has 0 aliphatic carbocycles. The summed E-state index contributed by atoms with van der Waals surface area (Å²) in [7, 11) is 1.46. The summed E-state index contributed by atoms with van der Waals surface area (Å²) < 4.78 is 10.3. The van der Waals surface area contributed by atoms with Crippen LogP contribution >= 0.6 is 0 Å². The maximum atomic E-state index is 12.7. The number of amides is 2. The highest BCUT2D eigenvalue weighted by molar-refractivity contribution is 5.90. The standard InChI is InChI=1S/C17H22N2O6/c1-24-11-17(16(22)23)4-5-18(10-17)15(21)12-7-14(20)19(8-12)9-13-3-2-6-25-13/h2-3,6,12H,4-5,7-11H2,1H3,(H,22,23). The highest BCUT2D eigenvalue weighted by Crippen LogP contribution is 2.33. The van der Waals surface area contributed by atoms with Crippen molar-refractivity contribution >= 4 is 17.8 Å². The van der Waals surface area contributed by atoms with E-state index >= 15 is 0 Å². The fraction of sp³-hybridized carbons (Fsp3) is 0.588. The topological polar surface area (TPSA) is 100 Å². The Hall–Kier alpha value is -2.35. The van der Waals surface area contributed by atoms with Gasteiger partial charge in [0, 0.05) is 33.2 Å². The molecule has 2 atom stereocenters. The van der Waals surface area contributed by atoms with Gasteiger partial charge >= 0.3 is 5.97 Å². The van der Waals surface area contributed by atoms with Gasteiger partial charge in [0.2, 0.25) is 11.8 Å². The Balaban J connectivity index is 1.62. The summed E-state index contributed by atoms with van der Waals surface area (Å²) in [5.74, 6) is -0.960. The molecule has 3 heterocycles. The lowest BCUT2D eigenvalue weighted by molar-refractivity contribution is -0.152. The highest BCUT2D eigenvalue weighted by atomic mass is 16.5. The third kappa shape index (κ3) is 3.39. The van der Waals surface area contributed by atoms with Gasteiger partial charge in [-0.1, -0.05) is 0 Å². The van der Waals surface area contributed by atoms with E-state index in [0.29, 0.717) is 31.8 Å². The number of carboxylic acids is 1. The number of carbonyl (C=O) groups excluding carboxylic acids is 2. The van der Waals surface area contributed by atoms with Crippen molar-refractivity contribution in [2.45, 2.75) is 19.4 Å². The van der Waals surface area contributed by atoms with Crippen LogP contribution in [0.15, 0.2) is 22.8 Å². The molecule has 2 fully saturated rings. The summed E-state index contributed by atoms with van der Waals surface area (Å²) >= 11 is 0. The molecule has 8 nitrogen and oxygen atoms in total. The van der Waals surface area contributed by atoms with Crippen LogP contribution in [0, 0.1) is 11.3 Å². The monoisotopic (exact) mass is 350 g/mol. The predicted molar refractivity (Wildman–Crippen MR) is 85.4 cm³/mol. The molecule has 2 amide bonds.